The zero-order valence-corrected chi connectivity index (χ0v) is 17.5. The van der Waals surface area contributed by atoms with Crippen LogP contribution in [0, 0.1) is 0 Å². The van der Waals surface area contributed by atoms with Gasteiger partial charge in [0, 0.05) is 6.42 Å². The molecule has 0 fully saturated rings. The number of unbranched alkanes of at least 4 members (excludes halogenated alkanes) is 12. The molecule has 4 heteroatoms. The van der Waals surface area contributed by atoms with Crippen molar-refractivity contribution in [3.63, 3.8) is 0 Å². The molecule has 0 radical (unpaired) electrons. The average molecular weight is 358 g/mol. The van der Waals surface area contributed by atoms with Gasteiger partial charge in [0.2, 0.25) is 0 Å². The van der Waals surface area contributed by atoms with E-state index in [9.17, 15) is 9.90 Å². The number of carbonyl (C=O) groups is 1. The van der Waals surface area contributed by atoms with Crippen LogP contribution in [0.1, 0.15) is 104 Å². The van der Waals surface area contributed by atoms with Gasteiger partial charge in [0.05, 0.1) is 14.1 Å². The second-order valence-corrected chi connectivity index (χ2v) is 8.24. The van der Waals surface area contributed by atoms with Crippen LogP contribution in [0.15, 0.2) is 0 Å². The lowest BCUT2D eigenvalue weighted by Crippen LogP contribution is -2.57. The second kappa shape index (κ2) is 15.6. The van der Waals surface area contributed by atoms with Crippen LogP contribution in [0.25, 0.3) is 0 Å². The van der Waals surface area contributed by atoms with E-state index in [1.807, 2.05) is 14.1 Å². The van der Waals surface area contributed by atoms with E-state index >= 15 is 0 Å². The number of amides is 1. The maximum Gasteiger partial charge on any atom is 0.264 e. The monoisotopic (exact) mass is 357 g/mol. The van der Waals surface area contributed by atoms with Gasteiger partial charge in [0.25, 0.3) is 5.91 Å². The van der Waals surface area contributed by atoms with Crippen LogP contribution in [0.3, 0.4) is 0 Å². The normalized spacial score (nSPS) is 13.0. The van der Waals surface area contributed by atoms with Crippen LogP contribution < -0.4 is 5.43 Å². The molecule has 0 aliphatic rings. The van der Waals surface area contributed by atoms with E-state index in [-0.39, 0.29) is 5.91 Å². The highest BCUT2D eigenvalue weighted by Crippen LogP contribution is 2.13. The Balaban J connectivity index is 3.36. The van der Waals surface area contributed by atoms with E-state index in [1.54, 1.807) is 6.92 Å². The largest absolute Gasteiger partial charge is 0.387 e. The molecule has 1 atom stereocenters. The summed E-state index contributed by atoms with van der Waals surface area (Å²) >= 11 is 0. The highest BCUT2D eigenvalue weighted by atomic mass is 16.3. The van der Waals surface area contributed by atoms with Crippen molar-refractivity contribution in [2.45, 2.75) is 110 Å². The summed E-state index contributed by atoms with van der Waals surface area (Å²) in [5.41, 5.74) is 2.97. The predicted octanol–water partition coefficient (Wildman–Crippen LogP) is 4.96. The van der Waals surface area contributed by atoms with Crippen molar-refractivity contribution in [1.29, 1.82) is 0 Å². The van der Waals surface area contributed by atoms with Gasteiger partial charge in [-0.1, -0.05) is 84.0 Å². The zero-order chi connectivity index (χ0) is 19.0. The number of likely N-dealkylation sites (N-methyl/N-ethyl adjacent to an activating group) is 1. The van der Waals surface area contributed by atoms with Crippen molar-refractivity contribution < 1.29 is 14.5 Å². The fourth-order valence-corrected chi connectivity index (χ4v) is 3.40. The first kappa shape index (κ1) is 24.4. The Morgan fingerprint density at radius 2 is 1.24 bits per heavy atom. The quantitative estimate of drug-likeness (QED) is 0.220. The van der Waals surface area contributed by atoms with Crippen molar-refractivity contribution in [2.24, 2.45) is 0 Å². The van der Waals surface area contributed by atoms with Crippen molar-refractivity contribution in [1.82, 2.24) is 5.43 Å². The van der Waals surface area contributed by atoms with E-state index in [0.717, 1.165) is 12.8 Å². The molecule has 1 amide bonds. The van der Waals surface area contributed by atoms with Crippen LogP contribution in [0.5, 0.6) is 0 Å². The van der Waals surface area contributed by atoms with Gasteiger partial charge in [-0.3, -0.25) is 4.79 Å². The minimum atomic E-state index is -0.411. The van der Waals surface area contributed by atoms with Crippen LogP contribution in [0.4, 0.5) is 0 Å². The first-order valence-electron chi connectivity index (χ1n) is 10.7. The van der Waals surface area contributed by atoms with Crippen LogP contribution >= 0.6 is 0 Å². The number of aliphatic hydroxyl groups excluding tert-OH is 1. The predicted molar refractivity (Wildman–Crippen MR) is 107 cm³/mol. The number of nitrogens with zero attached hydrogens (tertiary/aromatic N) is 1. The molecule has 2 N–H and O–H groups in total. The summed E-state index contributed by atoms with van der Waals surface area (Å²) in [4.78, 5) is 11.9. The van der Waals surface area contributed by atoms with Gasteiger partial charge in [-0.15, -0.1) is 0 Å². The highest BCUT2D eigenvalue weighted by molar-refractivity contribution is 5.74. The van der Waals surface area contributed by atoms with Crippen LogP contribution in [-0.4, -0.2) is 42.3 Å². The Morgan fingerprint density at radius 1 is 0.840 bits per heavy atom. The molecular formula is C21H45N2O2+. The fraction of sp³-hybridized carbons (Fsp3) is 0.952. The van der Waals surface area contributed by atoms with Gasteiger partial charge < -0.3 is 5.11 Å². The number of hydrogen-bond acceptors (Lipinski definition) is 2. The van der Waals surface area contributed by atoms with Gasteiger partial charge in [-0.2, -0.15) is 0 Å². The Hall–Kier alpha value is -0.610. The molecule has 0 aliphatic carbocycles. The lowest BCUT2D eigenvalue weighted by molar-refractivity contribution is -0.927. The molecule has 0 heterocycles. The van der Waals surface area contributed by atoms with Crippen molar-refractivity contribution in [3.05, 3.63) is 0 Å². The van der Waals surface area contributed by atoms with E-state index in [0.29, 0.717) is 17.6 Å². The standard InChI is InChI=1S/C21H44N2O2/c1-5-6-7-8-9-10-11-12-13-14-15-16-17-18-21(25)22-23(3,4)19-20(2)24/h20,24H,5-19H2,1-4H3/p+1/t20-/m1/s1. The smallest absolute Gasteiger partial charge is 0.264 e. The third-order valence-corrected chi connectivity index (χ3v) is 4.66. The molecule has 0 saturated carbocycles. The molecule has 0 saturated heterocycles. The second-order valence-electron chi connectivity index (χ2n) is 8.24. The van der Waals surface area contributed by atoms with Crippen molar-refractivity contribution in [2.75, 3.05) is 20.6 Å². The highest BCUT2D eigenvalue weighted by Gasteiger charge is 2.20. The molecule has 0 aliphatic heterocycles. The number of rotatable bonds is 17. The number of aliphatic hydroxyl groups is 1. The number of carbonyl (C=O) groups excluding carboxylic acids is 1. The molecule has 150 valence electrons. The third kappa shape index (κ3) is 18.0. The third-order valence-electron chi connectivity index (χ3n) is 4.66. The van der Waals surface area contributed by atoms with E-state index in [1.165, 1.54) is 70.6 Å². The molecule has 0 aromatic heterocycles. The van der Waals surface area contributed by atoms with Gasteiger partial charge in [-0.25, -0.2) is 10.0 Å². The Bertz CT molecular complexity index is 317. The van der Waals surface area contributed by atoms with Crippen LogP contribution in [-0.2, 0) is 4.79 Å². The lowest BCUT2D eigenvalue weighted by atomic mass is 10.0. The summed E-state index contributed by atoms with van der Waals surface area (Å²) in [6.07, 6.45) is 17.4. The maximum atomic E-state index is 11.9. The minimum Gasteiger partial charge on any atom is -0.387 e. The number of nitrogens with one attached hydrogen (secondary N) is 1. The summed E-state index contributed by atoms with van der Waals surface area (Å²) in [7, 11) is 3.82. The van der Waals surface area contributed by atoms with Crippen molar-refractivity contribution >= 4 is 5.91 Å². The summed E-state index contributed by atoms with van der Waals surface area (Å²) < 4.78 is 0.342. The summed E-state index contributed by atoms with van der Waals surface area (Å²) in [6, 6.07) is 0. The molecule has 0 aromatic carbocycles. The van der Waals surface area contributed by atoms with Gasteiger partial charge >= 0.3 is 0 Å². The van der Waals surface area contributed by atoms with E-state index in [4.69, 9.17) is 0 Å². The molecule has 0 aromatic rings. The van der Waals surface area contributed by atoms with Gasteiger partial charge in [0.1, 0.15) is 12.6 Å². The zero-order valence-electron chi connectivity index (χ0n) is 17.5. The first-order valence-corrected chi connectivity index (χ1v) is 10.7. The average Bonchev–Trinajstić information content (AvgIpc) is 2.50. The van der Waals surface area contributed by atoms with E-state index in [2.05, 4.69) is 12.3 Å². The molecule has 0 rings (SSSR count). The first-order chi connectivity index (χ1) is 11.9. The van der Waals surface area contributed by atoms with Gasteiger partial charge in [0.15, 0.2) is 0 Å². The van der Waals surface area contributed by atoms with Crippen molar-refractivity contribution in [3.8, 4) is 0 Å². The molecule has 0 unspecified atom stereocenters. The minimum absolute atomic E-state index is 0.0914. The number of quaternary nitrogens is 1. The fourth-order valence-electron chi connectivity index (χ4n) is 3.40. The van der Waals surface area contributed by atoms with Gasteiger partial charge in [-0.05, 0) is 13.3 Å². The SMILES string of the molecule is CCCCCCCCCCCCCCCC(=O)N[N+](C)(C)C[C@@H](C)O. The summed E-state index contributed by atoms with van der Waals surface area (Å²) in [5.74, 6) is 0.0914. The van der Waals surface area contributed by atoms with E-state index < -0.39 is 6.10 Å². The summed E-state index contributed by atoms with van der Waals surface area (Å²) in [5, 5.41) is 9.43. The molecule has 0 bridgehead atoms. The summed E-state index contributed by atoms with van der Waals surface area (Å²) in [6.45, 7) is 4.55. The topological polar surface area (TPSA) is 49.3 Å². The molecule has 4 nitrogen and oxygen atoms in total. The van der Waals surface area contributed by atoms with Crippen LogP contribution in [0.2, 0.25) is 0 Å². The molecule has 25 heavy (non-hydrogen) atoms. The molecular weight excluding hydrogens is 312 g/mol. The maximum absolute atomic E-state index is 11.9. The Labute approximate surface area is 156 Å². The number of hydrogen-bond donors (Lipinski definition) is 2. The Morgan fingerprint density at radius 3 is 1.64 bits per heavy atom. The molecule has 0 spiro atoms. The Kier molecular flexibility index (Phi) is 15.2. The lowest BCUT2D eigenvalue weighted by Gasteiger charge is -2.30.